The molecule has 0 bridgehead atoms. The molecule has 2 atom stereocenters. The Hall–Kier alpha value is -1.12. The van der Waals surface area contributed by atoms with Crippen LogP contribution in [0, 0.1) is 11.8 Å². The summed E-state index contributed by atoms with van der Waals surface area (Å²) in [4.78, 5) is 21.5. The Bertz CT molecular complexity index is 220. The molecule has 1 aliphatic rings. The molecule has 1 rings (SSSR count). The summed E-state index contributed by atoms with van der Waals surface area (Å²) < 4.78 is 0. The number of ketones is 1. The predicted molar refractivity (Wildman–Crippen MR) is 43.7 cm³/mol. The first-order valence-corrected chi connectivity index (χ1v) is 4.02. The van der Waals surface area contributed by atoms with E-state index in [0.717, 1.165) is 0 Å². The van der Waals surface area contributed by atoms with Crippen LogP contribution in [0.25, 0.3) is 0 Å². The topological polar surface area (TPSA) is 54.4 Å². The van der Waals surface area contributed by atoms with Gasteiger partial charge in [0.25, 0.3) is 0 Å². The zero-order valence-corrected chi connectivity index (χ0v) is 6.82. The van der Waals surface area contributed by atoms with Gasteiger partial charge in [0, 0.05) is 12.8 Å². The van der Waals surface area contributed by atoms with E-state index in [1.165, 1.54) is 6.08 Å². The van der Waals surface area contributed by atoms with Crippen LogP contribution in [0.2, 0.25) is 0 Å². The summed E-state index contributed by atoms with van der Waals surface area (Å²) >= 11 is 0. The Labute approximate surface area is 71.1 Å². The van der Waals surface area contributed by atoms with Gasteiger partial charge >= 0.3 is 5.97 Å². The van der Waals surface area contributed by atoms with Gasteiger partial charge in [0.1, 0.15) is 5.78 Å². The third-order valence-electron chi connectivity index (χ3n) is 2.33. The predicted octanol–water partition coefficient (Wildman–Crippen LogP) is 1.24. The van der Waals surface area contributed by atoms with Crippen LogP contribution in [0.4, 0.5) is 0 Å². The van der Waals surface area contributed by atoms with E-state index >= 15 is 0 Å². The van der Waals surface area contributed by atoms with Crippen LogP contribution >= 0.6 is 0 Å². The average Bonchev–Trinajstić information content (AvgIpc) is 2.37. The molecule has 0 aliphatic heterocycles. The normalized spacial score (nSPS) is 25.3. The summed E-state index contributed by atoms with van der Waals surface area (Å²) in [5.41, 5.74) is 0. The number of carbonyl (C=O) groups is 2. The summed E-state index contributed by atoms with van der Waals surface area (Å²) in [6, 6.07) is 0. The molecule has 0 aromatic heterocycles. The lowest BCUT2D eigenvalue weighted by molar-refractivity contribution is -0.141. The second-order valence-electron chi connectivity index (χ2n) is 3.14. The zero-order chi connectivity index (χ0) is 9.14. The highest BCUT2D eigenvalue weighted by molar-refractivity contribution is 5.82. The Morgan fingerprint density at radius 3 is 2.75 bits per heavy atom. The van der Waals surface area contributed by atoms with E-state index in [1.807, 2.05) is 0 Å². The largest absolute Gasteiger partial charge is 0.481 e. The minimum atomic E-state index is -0.871. The number of Topliss-reactive ketones (excluding diaryl/α,β-unsaturated/α-hetero) is 1. The van der Waals surface area contributed by atoms with E-state index in [1.54, 1.807) is 0 Å². The molecule has 1 saturated carbocycles. The second kappa shape index (κ2) is 3.52. The van der Waals surface area contributed by atoms with E-state index in [9.17, 15) is 9.59 Å². The number of hydrogen-bond donors (Lipinski definition) is 1. The van der Waals surface area contributed by atoms with Gasteiger partial charge in [0.15, 0.2) is 0 Å². The monoisotopic (exact) mass is 168 g/mol. The Morgan fingerprint density at radius 2 is 2.42 bits per heavy atom. The summed E-state index contributed by atoms with van der Waals surface area (Å²) in [5.74, 6) is -1.26. The maximum Gasteiger partial charge on any atom is 0.310 e. The van der Waals surface area contributed by atoms with Gasteiger partial charge in [-0.05, 0) is 12.3 Å². The van der Waals surface area contributed by atoms with Crippen molar-refractivity contribution in [2.24, 2.45) is 11.8 Å². The second-order valence-corrected chi connectivity index (χ2v) is 3.14. The van der Waals surface area contributed by atoms with Crippen molar-refractivity contribution >= 4 is 11.8 Å². The molecule has 66 valence electrons. The molecule has 0 saturated heterocycles. The number of hydrogen-bond acceptors (Lipinski definition) is 2. The summed E-state index contributed by atoms with van der Waals surface area (Å²) in [7, 11) is 0. The van der Waals surface area contributed by atoms with Crippen molar-refractivity contribution < 1.29 is 14.7 Å². The van der Waals surface area contributed by atoms with Crippen molar-refractivity contribution in [3.8, 4) is 0 Å². The van der Waals surface area contributed by atoms with E-state index in [4.69, 9.17) is 5.11 Å². The van der Waals surface area contributed by atoms with Crippen LogP contribution < -0.4 is 0 Å². The minimum Gasteiger partial charge on any atom is -0.481 e. The lowest BCUT2D eigenvalue weighted by Gasteiger charge is -2.13. The molecule has 0 aromatic rings. The van der Waals surface area contributed by atoms with Crippen LogP contribution in [-0.2, 0) is 9.59 Å². The molecule has 1 fully saturated rings. The molecule has 12 heavy (non-hydrogen) atoms. The van der Waals surface area contributed by atoms with Crippen LogP contribution in [-0.4, -0.2) is 16.9 Å². The van der Waals surface area contributed by atoms with Crippen molar-refractivity contribution in [3.63, 3.8) is 0 Å². The third kappa shape index (κ3) is 1.72. The fourth-order valence-corrected chi connectivity index (χ4v) is 1.64. The van der Waals surface area contributed by atoms with Crippen LogP contribution in [0.3, 0.4) is 0 Å². The first-order valence-electron chi connectivity index (χ1n) is 4.02. The van der Waals surface area contributed by atoms with Gasteiger partial charge in [0.05, 0.1) is 5.92 Å². The van der Waals surface area contributed by atoms with Gasteiger partial charge in [-0.2, -0.15) is 0 Å². The van der Waals surface area contributed by atoms with Gasteiger partial charge in [-0.15, -0.1) is 6.58 Å². The van der Waals surface area contributed by atoms with Gasteiger partial charge in [-0.1, -0.05) is 6.08 Å². The molecule has 1 N–H and O–H groups in total. The van der Waals surface area contributed by atoms with E-state index < -0.39 is 11.9 Å². The maximum absolute atomic E-state index is 10.9. The highest BCUT2D eigenvalue weighted by Gasteiger charge is 2.31. The molecular weight excluding hydrogens is 156 g/mol. The highest BCUT2D eigenvalue weighted by Crippen LogP contribution is 2.29. The van der Waals surface area contributed by atoms with Crippen LogP contribution in [0.5, 0.6) is 0 Å². The Morgan fingerprint density at radius 1 is 1.75 bits per heavy atom. The zero-order valence-electron chi connectivity index (χ0n) is 6.82. The van der Waals surface area contributed by atoms with Crippen molar-refractivity contribution in [2.75, 3.05) is 0 Å². The molecule has 3 nitrogen and oxygen atoms in total. The van der Waals surface area contributed by atoms with Gasteiger partial charge in [0.2, 0.25) is 0 Å². The lowest BCUT2D eigenvalue weighted by atomic mass is 9.91. The summed E-state index contributed by atoms with van der Waals surface area (Å²) in [6.07, 6.45) is 3.05. The fourth-order valence-electron chi connectivity index (χ4n) is 1.64. The standard InChI is InChI=1S/C9H12O3/c1-2-8(9(11)12)6-3-4-7(10)5-6/h2,6,8H,1,3-5H2,(H,11,12). The molecule has 0 heterocycles. The lowest BCUT2D eigenvalue weighted by Crippen LogP contribution is -2.19. The maximum atomic E-state index is 10.9. The SMILES string of the molecule is C=CC(C(=O)O)C1CCC(=O)C1. The highest BCUT2D eigenvalue weighted by atomic mass is 16.4. The van der Waals surface area contributed by atoms with Crippen LogP contribution in [0.1, 0.15) is 19.3 Å². The number of carboxylic acid groups (broad SMARTS) is 1. The summed E-state index contributed by atoms with van der Waals surface area (Å²) in [5, 5.41) is 8.74. The number of rotatable bonds is 3. The number of carbonyl (C=O) groups excluding carboxylic acids is 1. The quantitative estimate of drug-likeness (QED) is 0.645. The number of carboxylic acids is 1. The van der Waals surface area contributed by atoms with Gasteiger partial charge in [-0.25, -0.2) is 0 Å². The molecule has 3 heteroatoms. The molecular formula is C9H12O3. The Kier molecular flexibility index (Phi) is 2.63. The van der Waals surface area contributed by atoms with Gasteiger partial charge in [-0.3, -0.25) is 9.59 Å². The fraction of sp³-hybridized carbons (Fsp3) is 0.556. The first-order chi connectivity index (χ1) is 5.65. The van der Waals surface area contributed by atoms with E-state index in [2.05, 4.69) is 6.58 Å². The third-order valence-corrected chi connectivity index (χ3v) is 2.33. The van der Waals surface area contributed by atoms with Gasteiger partial charge < -0.3 is 5.11 Å². The molecule has 0 amide bonds. The van der Waals surface area contributed by atoms with E-state index in [-0.39, 0.29) is 11.7 Å². The minimum absolute atomic E-state index is 0.0208. The van der Waals surface area contributed by atoms with Crippen molar-refractivity contribution in [1.29, 1.82) is 0 Å². The van der Waals surface area contributed by atoms with E-state index in [0.29, 0.717) is 19.3 Å². The van der Waals surface area contributed by atoms with Crippen molar-refractivity contribution in [3.05, 3.63) is 12.7 Å². The molecule has 0 aromatic carbocycles. The van der Waals surface area contributed by atoms with Crippen molar-refractivity contribution in [2.45, 2.75) is 19.3 Å². The molecule has 0 spiro atoms. The van der Waals surface area contributed by atoms with Crippen LogP contribution in [0.15, 0.2) is 12.7 Å². The summed E-state index contributed by atoms with van der Waals surface area (Å²) in [6.45, 7) is 3.46. The number of aliphatic carboxylic acids is 1. The average molecular weight is 168 g/mol. The molecule has 0 radical (unpaired) electrons. The smallest absolute Gasteiger partial charge is 0.310 e. The Balaban J connectivity index is 2.61. The van der Waals surface area contributed by atoms with Crippen molar-refractivity contribution in [1.82, 2.24) is 0 Å². The molecule has 1 aliphatic carbocycles. The first kappa shape index (κ1) is 8.97. The molecule has 2 unspecified atom stereocenters.